The number of aliphatic hydroxyl groups is 1. The third kappa shape index (κ3) is 6.27. The molecule has 5 atom stereocenters. The number of nitrogens with two attached hydrogens (primary N) is 1. The molecule has 4 N–H and O–H groups in total. The maximum Gasteiger partial charge on any atom is 0.237 e. The molecule has 29 heavy (non-hydrogen) atoms. The smallest absolute Gasteiger partial charge is 0.237 e. The number of benzene rings is 1. The summed E-state index contributed by atoms with van der Waals surface area (Å²) in [6, 6.07) is 9.54. The number of hydrogen-bond donors (Lipinski definition) is 3. The van der Waals surface area contributed by atoms with Gasteiger partial charge in [-0.05, 0) is 57.4 Å². The molecule has 1 aliphatic carbocycles. The van der Waals surface area contributed by atoms with E-state index in [2.05, 4.69) is 10.2 Å². The SMILES string of the molecule is CC(C)(C)NC(=O)[C@@H]1C[C@@H]2CCCC[C@@H]2CN1CC(O)C(N)Cc1ccccc1. The summed E-state index contributed by atoms with van der Waals surface area (Å²) in [6.45, 7) is 7.41. The van der Waals surface area contributed by atoms with Gasteiger partial charge in [0.05, 0.1) is 12.1 Å². The van der Waals surface area contributed by atoms with Crippen molar-refractivity contribution in [1.29, 1.82) is 0 Å². The van der Waals surface area contributed by atoms with Crippen LogP contribution in [-0.4, -0.2) is 52.7 Å². The lowest BCUT2D eigenvalue weighted by atomic mass is 9.72. The van der Waals surface area contributed by atoms with Gasteiger partial charge in [-0.25, -0.2) is 0 Å². The van der Waals surface area contributed by atoms with Crippen LogP contribution in [0, 0.1) is 11.8 Å². The first kappa shape index (κ1) is 22.3. The van der Waals surface area contributed by atoms with Crippen LogP contribution in [0.5, 0.6) is 0 Å². The minimum Gasteiger partial charge on any atom is -0.390 e. The lowest BCUT2D eigenvalue weighted by molar-refractivity contribution is -0.132. The summed E-state index contributed by atoms with van der Waals surface area (Å²) in [5, 5.41) is 14.0. The number of amides is 1. The summed E-state index contributed by atoms with van der Waals surface area (Å²) in [5.41, 5.74) is 7.22. The summed E-state index contributed by atoms with van der Waals surface area (Å²) in [5.74, 6) is 1.36. The number of fused-ring (bicyclic) bond motifs is 1. The highest BCUT2D eigenvalue weighted by Crippen LogP contribution is 2.38. The molecule has 5 heteroatoms. The van der Waals surface area contributed by atoms with Gasteiger partial charge in [-0.15, -0.1) is 0 Å². The molecule has 1 aromatic carbocycles. The van der Waals surface area contributed by atoms with E-state index in [0.29, 0.717) is 24.8 Å². The lowest BCUT2D eigenvalue weighted by Gasteiger charge is -2.46. The van der Waals surface area contributed by atoms with Crippen LogP contribution in [0.1, 0.15) is 58.4 Å². The van der Waals surface area contributed by atoms with E-state index in [1.165, 1.54) is 25.7 Å². The largest absolute Gasteiger partial charge is 0.390 e. The maximum absolute atomic E-state index is 13.1. The summed E-state index contributed by atoms with van der Waals surface area (Å²) in [4.78, 5) is 15.3. The molecule has 1 heterocycles. The number of nitrogens with one attached hydrogen (secondary N) is 1. The zero-order valence-corrected chi connectivity index (χ0v) is 18.3. The van der Waals surface area contributed by atoms with Crippen LogP contribution in [-0.2, 0) is 11.2 Å². The molecule has 2 aliphatic rings. The molecule has 2 fully saturated rings. The monoisotopic (exact) mass is 401 g/mol. The zero-order chi connectivity index (χ0) is 21.0. The van der Waals surface area contributed by atoms with Crippen LogP contribution < -0.4 is 11.1 Å². The van der Waals surface area contributed by atoms with Gasteiger partial charge in [0.1, 0.15) is 0 Å². The highest BCUT2D eigenvalue weighted by Gasteiger charge is 2.41. The van der Waals surface area contributed by atoms with E-state index < -0.39 is 6.10 Å². The number of hydrogen-bond acceptors (Lipinski definition) is 4. The number of carbonyl (C=O) groups excluding carboxylic acids is 1. The Hall–Kier alpha value is -1.43. The van der Waals surface area contributed by atoms with Crippen molar-refractivity contribution in [1.82, 2.24) is 10.2 Å². The van der Waals surface area contributed by atoms with Crippen molar-refractivity contribution in [3.05, 3.63) is 35.9 Å². The third-order valence-electron chi connectivity index (χ3n) is 6.53. The van der Waals surface area contributed by atoms with Gasteiger partial charge in [0, 0.05) is 24.7 Å². The second-order valence-electron chi connectivity index (χ2n) is 10.2. The standard InChI is InChI=1S/C24H39N3O2/c1-24(2,3)26-23(29)21-14-18-11-7-8-12-19(18)15-27(21)16-22(28)20(25)13-17-9-5-4-6-10-17/h4-6,9-10,18-22,28H,7-8,11-16,25H2,1-3H3,(H,26,29)/t18-,19+,20?,21-,22?/m0/s1. The second-order valence-corrected chi connectivity index (χ2v) is 10.2. The predicted molar refractivity (Wildman–Crippen MR) is 117 cm³/mol. The first-order valence-electron chi connectivity index (χ1n) is 11.3. The fourth-order valence-electron chi connectivity index (χ4n) is 5.02. The predicted octanol–water partition coefficient (Wildman–Crippen LogP) is 2.71. The average Bonchev–Trinajstić information content (AvgIpc) is 2.66. The molecule has 0 spiro atoms. The Kier molecular flexibility index (Phi) is 7.36. The fourth-order valence-corrected chi connectivity index (χ4v) is 5.02. The summed E-state index contributed by atoms with van der Waals surface area (Å²) < 4.78 is 0. The molecule has 3 rings (SSSR count). The van der Waals surface area contributed by atoms with Crippen molar-refractivity contribution in [3.63, 3.8) is 0 Å². The molecule has 1 saturated carbocycles. The third-order valence-corrected chi connectivity index (χ3v) is 6.53. The van der Waals surface area contributed by atoms with E-state index in [4.69, 9.17) is 5.73 Å². The minimum atomic E-state index is -0.653. The van der Waals surface area contributed by atoms with Crippen molar-refractivity contribution in [2.24, 2.45) is 17.6 Å². The van der Waals surface area contributed by atoms with Crippen LogP contribution >= 0.6 is 0 Å². The van der Waals surface area contributed by atoms with Gasteiger partial charge >= 0.3 is 0 Å². The number of nitrogens with zero attached hydrogens (tertiary/aromatic N) is 1. The maximum atomic E-state index is 13.1. The van der Waals surface area contributed by atoms with E-state index in [0.717, 1.165) is 18.5 Å². The number of carbonyl (C=O) groups is 1. The molecule has 0 bridgehead atoms. The van der Waals surface area contributed by atoms with Crippen molar-refractivity contribution >= 4 is 5.91 Å². The van der Waals surface area contributed by atoms with Gasteiger partial charge in [-0.3, -0.25) is 9.69 Å². The molecule has 1 saturated heterocycles. The normalized spacial score (nSPS) is 27.7. The second kappa shape index (κ2) is 9.59. The van der Waals surface area contributed by atoms with Gasteiger partial charge in [-0.2, -0.15) is 0 Å². The molecular formula is C24H39N3O2. The van der Waals surface area contributed by atoms with Gasteiger partial charge < -0.3 is 16.2 Å². The van der Waals surface area contributed by atoms with Gasteiger partial charge in [0.15, 0.2) is 0 Å². The zero-order valence-electron chi connectivity index (χ0n) is 18.3. The van der Waals surface area contributed by atoms with E-state index in [-0.39, 0.29) is 23.5 Å². The fraction of sp³-hybridized carbons (Fsp3) is 0.708. The Morgan fingerprint density at radius 1 is 1.21 bits per heavy atom. The molecule has 0 radical (unpaired) electrons. The summed E-state index contributed by atoms with van der Waals surface area (Å²) >= 11 is 0. The average molecular weight is 402 g/mol. The van der Waals surface area contributed by atoms with Crippen LogP contribution in [0.2, 0.25) is 0 Å². The molecule has 1 amide bonds. The Morgan fingerprint density at radius 2 is 1.86 bits per heavy atom. The number of likely N-dealkylation sites (tertiary alicyclic amines) is 1. The Bertz CT molecular complexity index is 658. The number of rotatable bonds is 6. The first-order valence-corrected chi connectivity index (χ1v) is 11.3. The lowest BCUT2D eigenvalue weighted by Crippen LogP contribution is -2.59. The highest BCUT2D eigenvalue weighted by molar-refractivity contribution is 5.82. The quantitative estimate of drug-likeness (QED) is 0.685. The molecule has 162 valence electrons. The molecule has 0 aromatic heterocycles. The van der Waals surface area contributed by atoms with Gasteiger partial charge in [0.25, 0.3) is 0 Å². The van der Waals surface area contributed by atoms with Crippen molar-refractivity contribution < 1.29 is 9.90 Å². The molecular weight excluding hydrogens is 362 g/mol. The minimum absolute atomic E-state index is 0.0883. The van der Waals surface area contributed by atoms with E-state index in [1.54, 1.807) is 0 Å². The van der Waals surface area contributed by atoms with Crippen LogP contribution in [0.25, 0.3) is 0 Å². The number of β-amino-alcohol motifs (C(OH)–C–C–N with tert-alkyl or cyclic N) is 1. The van der Waals surface area contributed by atoms with Gasteiger partial charge in [-0.1, -0.05) is 49.6 Å². The van der Waals surface area contributed by atoms with Crippen molar-refractivity contribution in [2.75, 3.05) is 13.1 Å². The Morgan fingerprint density at radius 3 is 2.52 bits per heavy atom. The molecule has 1 aliphatic heterocycles. The van der Waals surface area contributed by atoms with E-state index >= 15 is 0 Å². The number of aliphatic hydroxyl groups excluding tert-OH is 1. The Balaban J connectivity index is 1.67. The summed E-state index contributed by atoms with van der Waals surface area (Å²) in [6.07, 6.45) is 5.91. The number of piperidine rings is 1. The van der Waals surface area contributed by atoms with Crippen LogP contribution in [0.3, 0.4) is 0 Å². The van der Waals surface area contributed by atoms with Crippen LogP contribution in [0.15, 0.2) is 30.3 Å². The highest BCUT2D eigenvalue weighted by atomic mass is 16.3. The molecule has 5 nitrogen and oxygen atoms in total. The van der Waals surface area contributed by atoms with E-state index in [9.17, 15) is 9.90 Å². The molecule has 2 unspecified atom stereocenters. The topological polar surface area (TPSA) is 78.6 Å². The summed E-state index contributed by atoms with van der Waals surface area (Å²) in [7, 11) is 0. The van der Waals surface area contributed by atoms with Gasteiger partial charge in [0.2, 0.25) is 5.91 Å². The first-order chi connectivity index (χ1) is 13.7. The molecule has 1 aromatic rings. The van der Waals surface area contributed by atoms with Crippen molar-refractivity contribution in [3.8, 4) is 0 Å². The van der Waals surface area contributed by atoms with Crippen LogP contribution in [0.4, 0.5) is 0 Å². The Labute approximate surface area is 176 Å². The van der Waals surface area contributed by atoms with E-state index in [1.807, 2.05) is 51.1 Å². The van der Waals surface area contributed by atoms with Crippen molar-refractivity contribution in [2.45, 2.75) is 83.0 Å².